The first kappa shape index (κ1) is 15.9. The van der Waals surface area contributed by atoms with Gasteiger partial charge in [-0.05, 0) is 25.3 Å². The van der Waals surface area contributed by atoms with Crippen LogP contribution in [0.3, 0.4) is 0 Å². The van der Waals surface area contributed by atoms with Crippen LogP contribution in [-0.4, -0.2) is 19.4 Å². The first-order chi connectivity index (χ1) is 9.90. The summed E-state index contributed by atoms with van der Waals surface area (Å²) in [7, 11) is -3.72. The summed E-state index contributed by atoms with van der Waals surface area (Å²) in [5.41, 5.74) is 0.309. The Labute approximate surface area is 124 Å². The number of sulfonamides is 1. The smallest absolute Gasteiger partial charge is 0.258 e. The summed E-state index contributed by atoms with van der Waals surface area (Å²) in [4.78, 5) is 10.2. The number of benzene rings is 1. The van der Waals surface area contributed by atoms with Gasteiger partial charge in [-0.15, -0.1) is 0 Å². The molecular weight excluding hydrogens is 292 g/mol. The van der Waals surface area contributed by atoms with E-state index in [1.807, 2.05) is 0 Å². The highest BCUT2D eigenvalue weighted by Gasteiger charge is 2.24. The molecular formula is C14H20N2O4S. The topological polar surface area (TPSA) is 89.3 Å². The van der Waals surface area contributed by atoms with Gasteiger partial charge in [-0.2, -0.15) is 0 Å². The molecule has 1 aromatic rings. The highest BCUT2D eigenvalue weighted by atomic mass is 32.2. The van der Waals surface area contributed by atoms with E-state index in [4.69, 9.17) is 0 Å². The summed E-state index contributed by atoms with van der Waals surface area (Å²) < 4.78 is 27.7. The van der Waals surface area contributed by atoms with Gasteiger partial charge >= 0.3 is 0 Å². The number of hydrogen-bond donors (Lipinski definition) is 1. The number of nitrogens with zero attached hydrogens (tertiary/aromatic N) is 1. The molecule has 0 aromatic heterocycles. The van der Waals surface area contributed by atoms with Crippen molar-refractivity contribution in [1.29, 1.82) is 0 Å². The van der Waals surface area contributed by atoms with Crippen LogP contribution in [0.1, 0.15) is 44.1 Å². The molecule has 2 rings (SSSR count). The third kappa shape index (κ3) is 4.01. The molecule has 0 aliphatic heterocycles. The minimum atomic E-state index is -3.72. The lowest BCUT2D eigenvalue weighted by Crippen LogP contribution is -2.34. The van der Waals surface area contributed by atoms with E-state index in [9.17, 15) is 18.5 Å². The molecule has 1 saturated carbocycles. The Morgan fingerprint density at radius 2 is 1.81 bits per heavy atom. The van der Waals surface area contributed by atoms with Crippen molar-refractivity contribution >= 4 is 15.7 Å². The zero-order chi connectivity index (χ0) is 15.5. The quantitative estimate of drug-likeness (QED) is 0.526. The van der Waals surface area contributed by atoms with E-state index in [-0.39, 0.29) is 16.6 Å². The van der Waals surface area contributed by atoms with Crippen LogP contribution in [0.4, 0.5) is 5.69 Å². The fourth-order valence-corrected chi connectivity index (χ4v) is 4.24. The molecule has 116 valence electrons. The second-order valence-electron chi connectivity index (χ2n) is 5.52. The van der Waals surface area contributed by atoms with Crippen molar-refractivity contribution in [2.45, 2.75) is 56.4 Å². The van der Waals surface area contributed by atoms with Crippen LogP contribution in [0.25, 0.3) is 0 Å². The number of nitro benzene ring substituents is 1. The molecule has 0 bridgehead atoms. The van der Waals surface area contributed by atoms with E-state index >= 15 is 0 Å². The molecule has 0 atom stereocenters. The van der Waals surface area contributed by atoms with Gasteiger partial charge < -0.3 is 0 Å². The molecule has 0 amide bonds. The maximum Gasteiger partial charge on any atom is 0.270 e. The van der Waals surface area contributed by atoms with Crippen molar-refractivity contribution in [3.63, 3.8) is 0 Å². The summed E-state index contributed by atoms with van der Waals surface area (Å²) in [6, 6.07) is 3.85. The van der Waals surface area contributed by atoms with Gasteiger partial charge in [-0.1, -0.05) is 31.7 Å². The number of hydrogen-bond acceptors (Lipinski definition) is 4. The Bertz CT molecular complexity index is 620. The van der Waals surface area contributed by atoms with E-state index in [1.54, 1.807) is 6.92 Å². The van der Waals surface area contributed by atoms with Crippen molar-refractivity contribution in [2.75, 3.05) is 0 Å². The summed E-state index contributed by atoms with van der Waals surface area (Å²) in [6.45, 7) is 1.64. The van der Waals surface area contributed by atoms with Crippen LogP contribution >= 0.6 is 0 Å². The van der Waals surface area contributed by atoms with E-state index < -0.39 is 14.9 Å². The molecule has 1 aliphatic rings. The second-order valence-corrected chi connectivity index (χ2v) is 7.20. The Kier molecular flexibility index (Phi) is 4.95. The molecule has 1 aliphatic carbocycles. The Morgan fingerprint density at radius 3 is 2.38 bits per heavy atom. The molecule has 0 radical (unpaired) electrons. The van der Waals surface area contributed by atoms with E-state index in [0.29, 0.717) is 5.56 Å². The molecule has 0 unspecified atom stereocenters. The molecule has 0 spiro atoms. The van der Waals surface area contributed by atoms with Gasteiger partial charge in [0.15, 0.2) is 0 Å². The lowest BCUT2D eigenvalue weighted by molar-refractivity contribution is -0.385. The largest absolute Gasteiger partial charge is 0.270 e. The number of nitro groups is 1. The average molecular weight is 312 g/mol. The van der Waals surface area contributed by atoms with E-state index in [2.05, 4.69) is 4.72 Å². The van der Waals surface area contributed by atoms with Gasteiger partial charge in [0.05, 0.1) is 9.82 Å². The van der Waals surface area contributed by atoms with Crippen LogP contribution < -0.4 is 4.72 Å². The molecule has 0 saturated heterocycles. The van der Waals surface area contributed by atoms with Crippen LogP contribution in [0.15, 0.2) is 23.1 Å². The fraction of sp³-hybridized carbons (Fsp3) is 0.571. The molecule has 1 aromatic carbocycles. The maximum absolute atomic E-state index is 12.5. The van der Waals surface area contributed by atoms with Crippen molar-refractivity contribution in [3.8, 4) is 0 Å². The number of rotatable bonds is 4. The third-order valence-corrected chi connectivity index (χ3v) is 5.51. The number of aryl methyl sites for hydroxylation is 1. The summed E-state index contributed by atoms with van der Waals surface area (Å²) in [6.07, 6.45) is 5.95. The van der Waals surface area contributed by atoms with Crippen molar-refractivity contribution < 1.29 is 13.3 Å². The van der Waals surface area contributed by atoms with Gasteiger partial charge in [-0.3, -0.25) is 10.1 Å². The number of nitrogens with one attached hydrogen (secondary N) is 1. The average Bonchev–Trinajstić information content (AvgIpc) is 2.66. The van der Waals surface area contributed by atoms with E-state index in [0.717, 1.165) is 44.6 Å². The van der Waals surface area contributed by atoms with Crippen molar-refractivity contribution in [2.24, 2.45) is 0 Å². The van der Waals surface area contributed by atoms with Gasteiger partial charge in [0, 0.05) is 18.2 Å². The van der Waals surface area contributed by atoms with Crippen LogP contribution in [-0.2, 0) is 10.0 Å². The highest BCUT2D eigenvalue weighted by Crippen LogP contribution is 2.24. The maximum atomic E-state index is 12.5. The predicted molar refractivity (Wildman–Crippen MR) is 79.6 cm³/mol. The lowest BCUT2D eigenvalue weighted by atomic mass is 10.1. The monoisotopic (exact) mass is 312 g/mol. The summed E-state index contributed by atoms with van der Waals surface area (Å²) in [5.74, 6) is 0. The van der Waals surface area contributed by atoms with E-state index in [1.165, 1.54) is 12.1 Å². The van der Waals surface area contributed by atoms with Crippen molar-refractivity contribution in [3.05, 3.63) is 33.9 Å². The summed E-state index contributed by atoms with van der Waals surface area (Å²) in [5, 5.41) is 10.8. The Balaban J connectivity index is 2.26. The Morgan fingerprint density at radius 1 is 1.19 bits per heavy atom. The van der Waals surface area contributed by atoms with Crippen LogP contribution in [0.2, 0.25) is 0 Å². The first-order valence-corrected chi connectivity index (χ1v) is 8.66. The zero-order valence-corrected chi connectivity index (χ0v) is 12.9. The molecule has 7 heteroatoms. The first-order valence-electron chi connectivity index (χ1n) is 7.17. The molecule has 1 N–H and O–H groups in total. The SMILES string of the molecule is Cc1ccc([N+](=O)[O-])cc1S(=O)(=O)NC1CCCCCC1. The highest BCUT2D eigenvalue weighted by molar-refractivity contribution is 7.89. The van der Waals surface area contributed by atoms with Gasteiger partial charge in [0.1, 0.15) is 0 Å². The van der Waals surface area contributed by atoms with Crippen molar-refractivity contribution in [1.82, 2.24) is 4.72 Å². The van der Waals surface area contributed by atoms with Gasteiger partial charge in [0.25, 0.3) is 5.69 Å². The molecule has 1 fully saturated rings. The Hall–Kier alpha value is -1.47. The standard InChI is InChI=1S/C14H20N2O4S/c1-11-8-9-13(16(17)18)10-14(11)21(19,20)15-12-6-4-2-3-5-7-12/h8-10,12,15H,2-7H2,1H3. The molecule has 0 heterocycles. The fourth-order valence-electron chi connectivity index (χ4n) is 2.67. The molecule has 6 nitrogen and oxygen atoms in total. The summed E-state index contributed by atoms with van der Waals surface area (Å²) >= 11 is 0. The third-order valence-electron chi connectivity index (χ3n) is 3.85. The second kappa shape index (κ2) is 6.53. The number of non-ortho nitro benzene ring substituents is 1. The van der Waals surface area contributed by atoms with Crippen LogP contribution in [0.5, 0.6) is 0 Å². The minimum Gasteiger partial charge on any atom is -0.258 e. The van der Waals surface area contributed by atoms with Gasteiger partial charge in [0.2, 0.25) is 10.0 Å². The molecule has 21 heavy (non-hydrogen) atoms. The predicted octanol–water partition coefficient (Wildman–Crippen LogP) is 2.90. The normalized spacial score (nSPS) is 17.4. The minimum absolute atomic E-state index is 0.000877. The van der Waals surface area contributed by atoms with Gasteiger partial charge in [-0.25, -0.2) is 13.1 Å². The lowest BCUT2D eigenvalue weighted by Gasteiger charge is -2.17. The zero-order valence-electron chi connectivity index (χ0n) is 12.0. The van der Waals surface area contributed by atoms with Crippen LogP contribution in [0, 0.1) is 17.0 Å².